The summed E-state index contributed by atoms with van der Waals surface area (Å²) < 4.78 is 40.9. The summed E-state index contributed by atoms with van der Waals surface area (Å²) in [4.78, 5) is 62.9. The first-order valence-electron chi connectivity index (χ1n) is 14.7. The molecule has 2 aromatic carbocycles. The Hall–Kier alpha value is -5.09. The van der Waals surface area contributed by atoms with Crippen LogP contribution < -0.4 is 15.0 Å². The average molecular weight is 686 g/mol. The maximum Gasteiger partial charge on any atom is 0.303 e. The van der Waals surface area contributed by atoms with Crippen LogP contribution in [0.1, 0.15) is 45.2 Å². The molecule has 48 heavy (non-hydrogen) atoms. The van der Waals surface area contributed by atoms with Gasteiger partial charge in [0, 0.05) is 34.1 Å². The summed E-state index contributed by atoms with van der Waals surface area (Å²) in [6.45, 7) is 4.06. The second kappa shape index (κ2) is 15.7. The number of carbonyl (C=O) groups is 4. The van der Waals surface area contributed by atoms with Gasteiger partial charge in [0.15, 0.2) is 24.5 Å². The molecule has 1 aliphatic rings. The van der Waals surface area contributed by atoms with Crippen LogP contribution in [-0.2, 0) is 49.3 Å². The van der Waals surface area contributed by atoms with Crippen molar-refractivity contribution in [3.8, 4) is 17.2 Å². The standard InChI is InChI=1S/C32H35N3O12S/c1-17(36)43-16-26-27(44-18(2)37)28(45-19(3)38)29(46-20(4)39)31(47-26)35-32(48)34(22-9-13-24(42-6)14-10-22)30(40)25(33-35)15-21-7-11-23(41-5)12-8-21/h7-14,26-29,31H,15-16H2,1-6H3/t26-,27+,28-,29-,31+/m0/s1. The van der Waals surface area contributed by atoms with Gasteiger partial charge in [0.1, 0.15) is 29.9 Å². The van der Waals surface area contributed by atoms with E-state index < -0.39 is 66.7 Å². The molecule has 15 nitrogen and oxygen atoms in total. The molecule has 0 spiro atoms. The lowest BCUT2D eigenvalue weighted by atomic mass is 9.97. The zero-order chi connectivity index (χ0) is 35.1. The Bertz CT molecular complexity index is 1770. The van der Waals surface area contributed by atoms with Crippen molar-refractivity contribution in [1.29, 1.82) is 0 Å². The lowest BCUT2D eigenvalue weighted by molar-refractivity contribution is -0.271. The summed E-state index contributed by atoms with van der Waals surface area (Å²) in [5, 5.41) is 4.59. The van der Waals surface area contributed by atoms with Crippen LogP contribution in [0.15, 0.2) is 53.3 Å². The highest BCUT2D eigenvalue weighted by Crippen LogP contribution is 2.35. The largest absolute Gasteiger partial charge is 0.497 e. The zero-order valence-corrected chi connectivity index (χ0v) is 27.9. The quantitative estimate of drug-likeness (QED) is 0.164. The van der Waals surface area contributed by atoms with Crippen LogP contribution in [0.3, 0.4) is 0 Å². The Morgan fingerprint density at radius 2 is 1.29 bits per heavy atom. The van der Waals surface area contributed by atoms with Crippen molar-refractivity contribution >= 4 is 36.1 Å². The van der Waals surface area contributed by atoms with Crippen LogP contribution >= 0.6 is 12.2 Å². The Morgan fingerprint density at radius 1 is 0.771 bits per heavy atom. The first-order chi connectivity index (χ1) is 22.8. The van der Waals surface area contributed by atoms with E-state index >= 15 is 0 Å². The Balaban J connectivity index is 1.97. The molecule has 1 fully saturated rings. The Morgan fingerprint density at radius 3 is 1.81 bits per heavy atom. The number of esters is 4. The predicted octanol–water partition coefficient (Wildman–Crippen LogP) is 2.63. The summed E-state index contributed by atoms with van der Waals surface area (Å²) in [5.41, 5.74) is 0.510. The van der Waals surface area contributed by atoms with Crippen molar-refractivity contribution in [2.24, 2.45) is 0 Å². The van der Waals surface area contributed by atoms with Crippen LogP contribution in [-0.4, -0.2) is 83.5 Å². The van der Waals surface area contributed by atoms with E-state index in [1.54, 1.807) is 48.5 Å². The molecule has 0 aliphatic carbocycles. The predicted molar refractivity (Wildman–Crippen MR) is 168 cm³/mol. The van der Waals surface area contributed by atoms with Gasteiger partial charge in [-0.25, -0.2) is 4.68 Å². The van der Waals surface area contributed by atoms with Crippen molar-refractivity contribution in [3.05, 3.63) is 74.9 Å². The van der Waals surface area contributed by atoms with Gasteiger partial charge in [-0.1, -0.05) is 12.1 Å². The number of carbonyl (C=O) groups excluding carboxylic acids is 4. The first-order valence-corrected chi connectivity index (χ1v) is 15.1. The van der Waals surface area contributed by atoms with Crippen LogP contribution in [0, 0.1) is 4.77 Å². The normalized spacial score (nSPS) is 20.2. The number of nitrogens with zero attached hydrogens (tertiary/aromatic N) is 3. The van der Waals surface area contributed by atoms with E-state index in [0.29, 0.717) is 22.7 Å². The molecule has 16 heteroatoms. The molecule has 5 atom stereocenters. The number of hydrogen-bond acceptors (Lipinski definition) is 14. The van der Waals surface area contributed by atoms with Crippen LogP contribution in [0.5, 0.6) is 11.5 Å². The molecule has 2 heterocycles. The second-order valence-electron chi connectivity index (χ2n) is 10.6. The molecule has 0 radical (unpaired) electrons. The van der Waals surface area contributed by atoms with Gasteiger partial charge in [0.25, 0.3) is 5.56 Å². The van der Waals surface area contributed by atoms with Gasteiger partial charge in [0.05, 0.1) is 19.9 Å². The van der Waals surface area contributed by atoms with E-state index in [9.17, 15) is 24.0 Å². The molecule has 1 aromatic heterocycles. The van der Waals surface area contributed by atoms with Gasteiger partial charge in [-0.2, -0.15) is 5.10 Å². The minimum absolute atomic E-state index is 0.0115. The highest BCUT2D eigenvalue weighted by atomic mass is 32.1. The fourth-order valence-corrected chi connectivity index (χ4v) is 5.44. The van der Waals surface area contributed by atoms with Crippen molar-refractivity contribution in [2.45, 2.75) is 64.8 Å². The van der Waals surface area contributed by atoms with E-state index in [4.69, 9.17) is 45.4 Å². The fourth-order valence-electron chi connectivity index (χ4n) is 5.11. The van der Waals surface area contributed by atoms with Gasteiger partial charge in [0.2, 0.25) is 4.77 Å². The minimum Gasteiger partial charge on any atom is -0.497 e. The van der Waals surface area contributed by atoms with E-state index in [0.717, 1.165) is 25.5 Å². The lowest BCUT2D eigenvalue weighted by Gasteiger charge is -2.44. The molecular formula is C32H35N3O12S. The van der Waals surface area contributed by atoms with Gasteiger partial charge in [-0.3, -0.25) is 28.5 Å². The fraction of sp³-hybridized carbons (Fsp3) is 0.406. The van der Waals surface area contributed by atoms with Crippen molar-refractivity contribution in [2.75, 3.05) is 20.8 Å². The molecule has 0 unspecified atom stereocenters. The summed E-state index contributed by atoms with van der Waals surface area (Å²) in [6, 6.07) is 13.5. The van der Waals surface area contributed by atoms with Crippen molar-refractivity contribution in [1.82, 2.24) is 14.3 Å². The third kappa shape index (κ3) is 8.43. The number of rotatable bonds is 11. The van der Waals surface area contributed by atoms with E-state index in [1.165, 1.54) is 25.7 Å². The highest BCUT2D eigenvalue weighted by molar-refractivity contribution is 7.71. The SMILES string of the molecule is COc1ccc(Cc2nn([C@@H]3O[C@@H](COC(C)=O)[C@@H](OC(C)=O)[C@H](OC(C)=O)[C@@H]3OC(C)=O)c(=S)n(-c3ccc(OC)cc3)c2=O)cc1. The Labute approximate surface area is 280 Å². The molecular weight excluding hydrogens is 650 g/mol. The Kier molecular flexibility index (Phi) is 11.7. The molecule has 1 saturated heterocycles. The van der Waals surface area contributed by atoms with Crippen molar-refractivity contribution < 1.29 is 52.3 Å². The van der Waals surface area contributed by atoms with E-state index in [2.05, 4.69) is 5.10 Å². The number of aromatic nitrogens is 3. The topological polar surface area (TPSA) is 173 Å². The van der Waals surface area contributed by atoms with Crippen LogP contribution in [0.2, 0.25) is 0 Å². The molecule has 256 valence electrons. The molecule has 3 aromatic rings. The average Bonchev–Trinajstić information content (AvgIpc) is 3.03. The van der Waals surface area contributed by atoms with Gasteiger partial charge in [-0.15, -0.1) is 0 Å². The number of ether oxygens (including phenoxy) is 7. The minimum atomic E-state index is -1.51. The maximum atomic E-state index is 14.0. The smallest absolute Gasteiger partial charge is 0.303 e. The molecule has 1 aliphatic heterocycles. The third-order valence-electron chi connectivity index (χ3n) is 7.13. The molecule has 0 N–H and O–H groups in total. The summed E-state index contributed by atoms with van der Waals surface area (Å²) >= 11 is 5.81. The highest BCUT2D eigenvalue weighted by Gasteiger charge is 2.53. The molecule has 0 saturated carbocycles. The molecule has 4 rings (SSSR count). The summed E-state index contributed by atoms with van der Waals surface area (Å²) in [7, 11) is 3.03. The van der Waals surface area contributed by atoms with Gasteiger partial charge >= 0.3 is 23.9 Å². The van der Waals surface area contributed by atoms with E-state index in [1.807, 2.05) is 0 Å². The van der Waals surface area contributed by atoms with Crippen molar-refractivity contribution in [3.63, 3.8) is 0 Å². The second-order valence-corrected chi connectivity index (χ2v) is 11.0. The van der Waals surface area contributed by atoms with Gasteiger partial charge < -0.3 is 33.2 Å². The van der Waals surface area contributed by atoms with Gasteiger partial charge in [-0.05, 0) is 54.2 Å². The number of benzene rings is 2. The number of methoxy groups -OCH3 is 2. The van der Waals surface area contributed by atoms with Crippen LogP contribution in [0.4, 0.5) is 0 Å². The third-order valence-corrected chi connectivity index (χ3v) is 7.50. The first kappa shape index (κ1) is 35.8. The molecule has 0 amide bonds. The maximum absolute atomic E-state index is 14.0. The van der Waals surface area contributed by atoms with Crippen LogP contribution in [0.25, 0.3) is 5.69 Å². The molecule has 0 bridgehead atoms. The monoisotopic (exact) mass is 685 g/mol. The number of hydrogen-bond donors (Lipinski definition) is 0. The summed E-state index contributed by atoms with van der Waals surface area (Å²) in [6.07, 6.45) is -7.12. The summed E-state index contributed by atoms with van der Waals surface area (Å²) in [5.74, 6) is -1.93. The zero-order valence-electron chi connectivity index (χ0n) is 27.1. The lowest BCUT2D eigenvalue weighted by Crippen LogP contribution is -2.61. The van der Waals surface area contributed by atoms with E-state index in [-0.39, 0.29) is 16.9 Å².